The van der Waals surface area contributed by atoms with Crippen LogP contribution in [0.4, 0.5) is 0 Å². The van der Waals surface area contributed by atoms with Crippen LogP contribution in [0.5, 0.6) is 5.75 Å². The summed E-state index contributed by atoms with van der Waals surface area (Å²) in [5, 5.41) is 12.9. The van der Waals surface area contributed by atoms with Crippen LogP contribution < -0.4 is 4.74 Å². The molecule has 3 nitrogen and oxygen atoms in total. The van der Waals surface area contributed by atoms with Crippen molar-refractivity contribution in [1.29, 1.82) is 0 Å². The van der Waals surface area contributed by atoms with Crippen molar-refractivity contribution < 1.29 is 9.84 Å². The number of ether oxygens (including phenoxy) is 1. The highest BCUT2D eigenvalue weighted by Crippen LogP contribution is 2.29. The second kappa shape index (κ2) is 6.50. The summed E-state index contributed by atoms with van der Waals surface area (Å²) in [4.78, 5) is 4.46. The number of benzene rings is 1. The molecule has 0 unspecified atom stereocenters. The number of rotatable bonds is 5. The van der Waals surface area contributed by atoms with Gasteiger partial charge in [0.15, 0.2) is 0 Å². The maximum atomic E-state index is 9.73. The summed E-state index contributed by atoms with van der Waals surface area (Å²) in [7, 11) is 0. The van der Waals surface area contributed by atoms with Gasteiger partial charge in [0.25, 0.3) is 0 Å². The highest BCUT2D eigenvalue weighted by Gasteiger charge is 2.10. The van der Waals surface area contributed by atoms with Crippen molar-refractivity contribution >= 4 is 27.3 Å². The summed E-state index contributed by atoms with van der Waals surface area (Å²) < 4.78 is 6.71. The second-order valence-electron chi connectivity index (χ2n) is 4.23. The molecule has 0 aliphatic heterocycles. The smallest absolute Gasteiger partial charge is 0.131 e. The van der Waals surface area contributed by atoms with Gasteiger partial charge in [-0.15, -0.1) is 11.3 Å². The van der Waals surface area contributed by atoms with Crippen molar-refractivity contribution in [3.8, 4) is 5.75 Å². The van der Waals surface area contributed by atoms with Crippen LogP contribution in [0.2, 0.25) is 0 Å². The monoisotopic (exact) mass is 341 g/mol. The van der Waals surface area contributed by atoms with Gasteiger partial charge in [-0.2, -0.15) is 0 Å². The minimum absolute atomic E-state index is 0.423. The standard InChI is InChI=1S/C14H16BrNO2S/c1-3-14-16-11(8-19-14)7-18-13-6-10(15)4-5-12(13)9(2)17/h4-6,8-9,17H,3,7H2,1-2H3/t9-/m1/s1. The SMILES string of the molecule is CCc1nc(COc2cc(Br)ccc2[C@@H](C)O)cs1. The zero-order valence-corrected chi connectivity index (χ0v) is 13.3. The van der Waals surface area contributed by atoms with E-state index in [9.17, 15) is 5.11 Å². The molecule has 0 fully saturated rings. The van der Waals surface area contributed by atoms with E-state index in [0.717, 1.165) is 27.2 Å². The Balaban J connectivity index is 2.12. The summed E-state index contributed by atoms with van der Waals surface area (Å²) >= 11 is 5.06. The molecule has 1 N–H and O–H groups in total. The maximum absolute atomic E-state index is 9.73. The molecule has 0 saturated heterocycles. The van der Waals surface area contributed by atoms with Gasteiger partial charge in [0, 0.05) is 15.4 Å². The Kier molecular flexibility index (Phi) is 4.96. The number of aromatic nitrogens is 1. The van der Waals surface area contributed by atoms with Gasteiger partial charge in [0.1, 0.15) is 12.4 Å². The van der Waals surface area contributed by atoms with Gasteiger partial charge in [-0.25, -0.2) is 4.98 Å². The van der Waals surface area contributed by atoms with Crippen molar-refractivity contribution in [1.82, 2.24) is 4.98 Å². The summed E-state index contributed by atoms with van der Waals surface area (Å²) in [5.74, 6) is 0.690. The zero-order chi connectivity index (χ0) is 13.8. The first-order valence-electron chi connectivity index (χ1n) is 6.13. The largest absolute Gasteiger partial charge is 0.487 e. The molecule has 0 radical (unpaired) electrons. The number of aliphatic hydroxyl groups is 1. The molecule has 0 saturated carbocycles. The first-order valence-corrected chi connectivity index (χ1v) is 7.81. The molecule has 5 heteroatoms. The third-order valence-corrected chi connectivity index (χ3v) is 4.24. The number of hydrogen-bond acceptors (Lipinski definition) is 4. The first kappa shape index (κ1) is 14.5. The Morgan fingerprint density at radius 3 is 2.89 bits per heavy atom. The van der Waals surface area contributed by atoms with Crippen LogP contribution in [0.1, 0.15) is 36.2 Å². The summed E-state index contributed by atoms with van der Waals surface area (Å²) in [6.45, 7) is 4.24. The quantitative estimate of drug-likeness (QED) is 0.890. The highest BCUT2D eigenvalue weighted by atomic mass is 79.9. The van der Waals surface area contributed by atoms with E-state index in [1.165, 1.54) is 0 Å². The number of thiazole rings is 1. The van der Waals surface area contributed by atoms with Crippen LogP contribution in [0.15, 0.2) is 28.1 Å². The normalized spacial score (nSPS) is 12.4. The van der Waals surface area contributed by atoms with E-state index in [1.54, 1.807) is 18.3 Å². The van der Waals surface area contributed by atoms with Gasteiger partial charge in [0.05, 0.1) is 16.8 Å². The van der Waals surface area contributed by atoms with E-state index < -0.39 is 6.10 Å². The van der Waals surface area contributed by atoms with E-state index in [-0.39, 0.29) is 0 Å². The molecule has 19 heavy (non-hydrogen) atoms. The van der Waals surface area contributed by atoms with Crippen molar-refractivity contribution in [3.63, 3.8) is 0 Å². The van der Waals surface area contributed by atoms with Gasteiger partial charge in [0.2, 0.25) is 0 Å². The number of aryl methyl sites for hydroxylation is 1. The molecule has 0 spiro atoms. The maximum Gasteiger partial charge on any atom is 0.131 e. The molecule has 1 atom stereocenters. The third kappa shape index (κ3) is 3.78. The van der Waals surface area contributed by atoms with Gasteiger partial charge in [-0.1, -0.05) is 28.9 Å². The Labute approximate surface area is 125 Å². The average molecular weight is 342 g/mol. The lowest BCUT2D eigenvalue weighted by Gasteiger charge is -2.13. The molecule has 1 aromatic heterocycles. The Hall–Kier alpha value is -0.910. The molecule has 102 valence electrons. The van der Waals surface area contributed by atoms with E-state index in [1.807, 2.05) is 23.6 Å². The minimum Gasteiger partial charge on any atom is -0.487 e. The van der Waals surface area contributed by atoms with Gasteiger partial charge in [-0.05, 0) is 25.5 Å². The number of nitrogens with zero attached hydrogens (tertiary/aromatic N) is 1. The molecule has 1 heterocycles. The predicted octanol–water partition coefficient (Wildman–Crippen LogP) is 4.10. The topological polar surface area (TPSA) is 42.4 Å². The van der Waals surface area contributed by atoms with Crippen LogP contribution >= 0.6 is 27.3 Å². The molecular formula is C14H16BrNO2S. The van der Waals surface area contributed by atoms with Crippen molar-refractivity contribution in [2.24, 2.45) is 0 Å². The number of aliphatic hydroxyl groups excluding tert-OH is 1. The summed E-state index contributed by atoms with van der Waals surface area (Å²) in [6, 6.07) is 5.63. The zero-order valence-electron chi connectivity index (χ0n) is 10.9. The fourth-order valence-electron chi connectivity index (χ4n) is 1.71. The molecule has 1 aromatic carbocycles. The molecule has 0 bridgehead atoms. The van der Waals surface area contributed by atoms with Crippen LogP contribution in [-0.2, 0) is 13.0 Å². The first-order chi connectivity index (χ1) is 9.10. The fourth-order valence-corrected chi connectivity index (χ4v) is 2.78. The number of hydrogen-bond donors (Lipinski definition) is 1. The lowest BCUT2D eigenvalue weighted by molar-refractivity contribution is 0.190. The molecule has 2 aromatic rings. The Morgan fingerprint density at radius 1 is 1.47 bits per heavy atom. The van der Waals surface area contributed by atoms with E-state index >= 15 is 0 Å². The van der Waals surface area contributed by atoms with Crippen LogP contribution in [-0.4, -0.2) is 10.1 Å². The Morgan fingerprint density at radius 2 is 2.26 bits per heavy atom. The van der Waals surface area contributed by atoms with Crippen molar-refractivity contribution in [3.05, 3.63) is 44.3 Å². The lowest BCUT2D eigenvalue weighted by atomic mass is 10.1. The van der Waals surface area contributed by atoms with E-state index in [2.05, 4.69) is 27.8 Å². The lowest BCUT2D eigenvalue weighted by Crippen LogP contribution is -2.01. The van der Waals surface area contributed by atoms with Crippen molar-refractivity contribution in [2.75, 3.05) is 0 Å². The molecule has 0 aliphatic carbocycles. The fraction of sp³-hybridized carbons (Fsp3) is 0.357. The Bertz CT molecular complexity index is 554. The van der Waals surface area contributed by atoms with E-state index in [4.69, 9.17) is 4.74 Å². The van der Waals surface area contributed by atoms with Gasteiger partial charge in [-0.3, -0.25) is 0 Å². The predicted molar refractivity (Wildman–Crippen MR) is 80.6 cm³/mol. The van der Waals surface area contributed by atoms with Crippen LogP contribution in [0.25, 0.3) is 0 Å². The highest BCUT2D eigenvalue weighted by molar-refractivity contribution is 9.10. The van der Waals surface area contributed by atoms with Crippen LogP contribution in [0.3, 0.4) is 0 Å². The van der Waals surface area contributed by atoms with Gasteiger partial charge >= 0.3 is 0 Å². The summed E-state index contributed by atoms with van der Waals surface area (Å²) in [5.41, 5.74) is 1.72. The summed E-state index contributed by atoms with van der Waals surface area (Å²) in [6.07, 6.45) is 0.394. The minimum atomic E-state index is -0.551. The molecule has 0 aliphatic rings. The molecule has 0 amide bonds. The second-order valence-corrected chi connectivity index (χ2v) is 6.09. The van der Waals surface area contributed by atoms with Crippen molar-refractivity contribution in [2.45, 2.75) is 33.0 Å². The third-order valence-electron chi connectivity index (χ3n) is 2.70. The van der Waals surface area contributed by atoms with Crippen LogP contribution in [0, 0.1) is 0 Å². The molecule has 2 rings (SSSR count). The van der Waals surface area contributed by atoms with E-state index in [0.29, 0.717) is 12.4 Å². The number of halogens is 1. The van der Waals surface area contributed by atoms with Gasteiger partial charge < -0.3 is 9.84 Å². The average Bonchev–Trinajstić information content (AvgIpc) is 2.84. The molecular weight excluding hydrogens is 326 g/mol.